The lowest BCUT2D eigenvalue weighted by atomic mass is 10.1. The van der Waals surface area contributed by atoms with E-state index < -0.39 is 0 Å². The maximum atomic E-state index is 5.16. The number of terminal acetylenes is 1. The van der Waals surface area contributed by atoms with Crippen molar-refractivity contribution in [2.24, 2.45) is 0 Å². The monoisotopic (exact) mass is 523 g/mol. The normalized spacial score (nSPS) is 10.2. The summed E-state index contributed by atoms with van der Waals surface area (Å²) in [6.45, 7) is 6.34. The van der Waals surface area contributed by atoms with Gasteiger partial charge in [0, 0.05) is 21.0 Å². The lowest BCUT2D eigenvalue weighted by Gasteiger charge is -2.21. The Morgan fingerprint density at radius 2 is 1.39 bits per heavy atom. The summed E-state index contributed by atoms with van der Waals surface area (Å²) in [5.41, 5.74) is 5.61. The second-order valence-corrected chi connectivity index (χ2v) is 10.5. The van der Waals surface area contributed by atoms with Crippen LogP contribution in [0.3, 0.4) is 0 Å². The predicted molar refractivity (Wildman–Crippen MR) is 168 cm³/mol. The van der Waals surface area contributed by atoms with Crippen molar-refractivity contribution in [1.82, 2.24) is 0 Å². The van der Waals surface area contributed by atoms with Crippen molar-refractivity contribution >= 4 is 56.6 Å². The molecular formula is C35H25NS2. The zero-order chi connectivity index (χ0) is 26.7. The second kappa shape index (κ2) is 13.1. The van der Waals surface area contributed by atoms with E-state index in [2.05, 4.69) is 139 Å². The first-order valence-electron chi connectivity index (χ1n) is 12.0. The number of thiophene rings is 2. The zero-order valence-electron chi connectivity index (χ0n) is 21.5. The molecule has 0 saturated heterocycles. The van der Waals surface area contributed by atoms with Crippen molar-refractivity contribution in [2.45, 2.75) is 20.8 Å². The van der Waals surface area contributed by atoms with E-state index in [1.165, 1.54) is 21.0 Å². The first-order valence-corrected chi connectivity index (χ1v) is 13.7. The van der Waals surface area contributed by atoms with E-state index in [9.17, 15) is 0 Å². The molecule has 182 valence electrons. The molecule has 0 fully saturated rings. The van der Waals surface area contributed by atoms with E-state index >= 15 is 0 Å². The molecule has 1 nitrogen and oxygen atoms in total. The molecule has 0 amide bonds. The molecule has 4 rings (SSSR count). The summed E-state index contributed by atoms with van der Waals surface area (Å²) in [5.74, 6) is 19.0. The number of hydrogen-bond acceptors (Lipinski definition) is 3. The Morgan fingerprint density at radius 1 is 0.737 bits per heavy atom. The quantitative estimate of drug-likeness (QED) is 0.228. The fraction of sp³-hybridized carbons (Fsp3) is 0.0857. The highest BCUT2D eigenvalue weighted by Crippen LogP contribution is 2.44. The first-order chi connectivity index (χ1) is 18.6. The van der Waals surface area contributed by atoms with Gasteiger partial charge in [0.1, 0.15) is 10.0 Å². The Morgan fingerprint density at radius 3 is 2.05 bits per heavy atom. The van der Waals surface area contributed by atoms with Crippen molar-refractivity contribution in [3.63, 3.8) is 0 Å². The third-order valence-electron chi connectivity index (χ3n) is 5.60. The van der Waals surface area contributed by atoms with Gasteiger partial charge < -0.3 is 0 Å². The van der Waals surface area contributed by atoms with Gasteiger partial charge in [0.25, 0.3) is 0 Å². The first kappa shape index (κ1) is 26.4. The molecule has 38 heavy (non-hydrogen) atoms. The molecule has 2 heterocycles. The molecule has 2 aromatic carbocycles. The average molecular weight is 524 g/mol. The van der Waals surface area contributed by atoms with Gasteiger partial charge >= 0.3 is 0 Å². The molecule has 0 bridgehead atoms. The number of para-hydroxylation sites is 1. The SMILES string of the molecule is C#CC#CC#CC#Cc1cc(N(c2ccccc2)c2cc(C)c(C)s2)sc1C=Cc1ccc(C=CC)cc1. The molecule has 0 spiro atoms. The molecule has 0 aliphatic heterocycles. The average Bonchev–Trinajstić information content (AvgIpc) is 3.48. The van der Waals surface area contributed by atoms with E-state index in [1.807, 2.05) is 19.1 Å². The number of allylic oxidation sites excluding steroid dienone is 1. The van der Waals surface area contributed by atoms with Crippen LogP contribution < -0.4 is 4.90 Å². The molecular weight excluding hydrogens is 499 g/mol. The van der Waals surface area contributed by atoms with Gasteiger partial charge in [-0.25, -0.2) is 0 Å². The van der Waals surface area contributed by atoms with Gasteiger partial charge in [0.2, 0.25) is 0 Å². The second-order valence-electron chi connectivity index (χ2n) is 8.25. The van der Waals surface area contributed by atoms with Crippen LogP contribution in [0.4, 0.5) is 15.7 Å². The van der Waals surface area contributed by atoms with E-state index in [-0.39, 0.29) is 0 Å². The Balaban J connectivity index is 1.78. The zero-order valence-corrected chi connectivity index (χ0v) is 23.1. The summed E-state index contributed by atoms with van der Waals surface area (Å²) in [5, 5.41) is 2.26. The number of rotatable bonds is 6. The molecule has 0 saturated carbocycles. The standard InChI is InChI=1S/C35H25NS2/c1-5-7-8-9-10-12-16-31-26-35(38-33(31)24-23-30-21-19-29(15-6-2)20-22-30)36(32-17-13-11-14-18-32)34-25-27(3)28(4)37-34/h1,6,11,13-15,17-26H,2-4H3. The van der Waals surface area contributed by atoms with Crippen LogP contribution in [-0.2, 0) is 0 Å². The van der Waals surface area contributed by atoms with Crippen molar-refractivity contribution in [2.75, 3.05) is 4.90 Å². The lowest BCUT2D eigenvalue weighted by molar-refractivity contribution is 1.34. The van der Waals surface area contributed by atoms with E-state index in [0.29, 0.717) is 0 Å². The largest absolute Gasteiger partial charge is 0.293 e. The third kappa shape index (κ3) is 6.77. The summed E-state index contributed by atoms with van der Waals surface area (Å²) in [6, 6.07) is 23.3. The Labute approximate surface area is 234 Å². The lowest BCUT2D eigenvalue weighted by Crippen LogP contribution is -2.06. The van der Waals surface area contributed by atoms with Crippen molar-refractivity contribution in [3.8, 4) is 47.9 Å². The third-order valence-corrected chi connectivity index (χ3v) is 7.82. The van der Waals surface area contributed by atoms with Gasteiger partial charge in [0.05, 0.1) is 0 Å². The van der Waals surface area contributed by atoms with Crippen LogP contribution in [0.5, 0.6) is 0 Å². The topological polar surface area (TPSA) is 3.24 Å². The van der Waals surface area contributed by atoms with Gasteiger partial charge in [0.15, 0.2) is 0 Å². The predicted octanol–water partition coefficient (Wildman–Crippen LogP) is 9.09. The minimum atomic E-state index is 0.914. The number of hydrogen-bond donors (Lipinski definition) is 0. The van der Waals surface area contributed by atoms with Crippen LogP contribution in [-0.4, -0.2) is 0 Å². The van der Waals surface area contributed by atoms with Crippen molar-refractivity contribution < 1.29 is 0 Å². The van der Waals surface area contributed by atoms with E-state index in [4.69, 9.17) is 6.42 Å². The Kier molecular flexibility index (Phi) is 9.08. The highest BCUT2D eigenvalue weighted by molar-refractivity contribution is 7.19. The molecule has 0 N–H and O–H groups in total. The molecule has 3 heteroatoms. The molecule has 2 aromatic heterocycles. The Bertz CT molecular complexity index is 1680. The van der Waals surface area contributed by atoms with Gasteiger partial charge in [-0.15, -0.1) is 29.1 Å². The van der Waals surface area contributed by atoms with Gasteiger partial charge in [-0.3, -0.25) is 4.90 Å². The van der Waals surface area contributed by atoms with Crippen LogP contribution in [0.15, 0.2) is 72.8 Å². The molecule has 0 atom stereocenters. The fourth-order valence-electron chi connectivity index (χ4n) is 3.64. The summed E-state index contributed by atoms with van der Waals surface area (Å²) in [7, 11) is 0. The number of anilines is 3. The van der Waals surface area contributed by atoms with E-state index in [1.54, 1.807) is 22.7 Å². The van der Waals surface area contributed by atoms with Crippen LogP contribution in [0.25, 0.3) is 18.2 Å². The van der Waals surface area contributed by atoms with Gasteiger partial charge in [-0.05, 0) is 103 Å². The van der Waals surface area contributed by atoms with Crippen LogP contribution in [0.1, 0.15) is 38.9 Å². The highest BCUT2D eigenvalue weighted by atomic mass is 32.1. The summed E-state index contributed by atoms with van der Waals surface area (Å²) < 4.78 is 0. The van der Waals surface area contributed by atoms with Gasteiger partial charge in [-0.1, -0.05) is 66.6 Å². The maximum absolute atomic E-state index is 5.16. The minimum Gasteiger partial charge on any atom is -0.293 e. The number of benzene rings is 2. The minimum absolute atomic E-state index is 0.914. The highest BCUT2D eigenvalue weighted by Gasteiger charge is 2.19. The maximum Gasteiger partial charge on any atom is 0.102 e. The summed E-state index contributed by atoms with van der Waals surface area (Å²) >= 11 is 3.50. The molecule has 0 radical (unpaired) electrons. The van der Waals surface area contributed by atoms with E-state index in [0.717, 1.165) is 26.7 Å². The van der Waals surface area contributed by atoms with Crippen LogP contribution >= 0.6 is 22.7 Å². The summed E-state index contributed by atoms with van der Waals surface area (Å²) in [6.07, 6.45) is 13.5. The Hall–Kier alpha value is -4.64. The number of aryl methyl sites for hydroxylation is 2. The molecule has 0 aliphatic rings. The molecule has 0 unspecified atom stereocenters. The van der Waals surface area contributed by atoms with Crippen molar-refractivity contribution in [1.29, 1.82) is 0 Å². The van der Waals surface area contributed by atoms with Crippen LogP contribution in [0, 0.1) is 61.7 Å². The van der Waals surface area contributed by atoms with Gasteiger partial charge in [-0.2, -0.15) is 0 Å². The smallest absolute Gasteiger partial charge is 0.102 e. The molecule has 0 aliphatic carbocycles. The molecule has 4 aromatic rings. The number of nitrogens with zero attached hydrogens (tertiary/aromatic N) is 1. The van der Waals surface area contributed by atoms with Crippen molar-refractivity contribution in [3.05, 3.63) is 105 Å². The fourth-order valence-corrected chi connectivity index (χ4v) is 5.81. The summed E-state index contributed by atoms with van der Waals surface area (Å²) in [4.78, 5) is 4.67. The van der Waals surface area contributed by atoms with Crippen LogP contribution in [0.2, 0.25) is 0 Å².